The van der Waals surface area contributed by atoms with Crippen LogP contribution in [0.4, 0.5) is 5.13 Å². The molecule has 2 N–H and O–H groups in total. The number of amides is 2. The second-order valence-corrected chi connectivity index (χ2v) is 7.52. The fraction of sp³-hybridized carbons (Fsp3) is 0.227. The summed E-state index contributed by atoms with van der Waals surface area (Å²) >= 11 is 1.40. The first-order valence-electron chi connectivity index (χ1n) is 9.15. The van der Waals surface area contributed by atoms with E-state index in [9.17, 15) is 9.59 Å². The molecule has 0 saturated carbocycles. The molecule has 3 rings (SSSR count). The van der Waals surface area contributed by atoms with Crippen molar-refractivity contribution in [3.63, 3.8) is 0 Å². The molecule has 0 radical (unpaired) electrons. The van der Waals surface area contributed by atoms with Gasteiger partial charge in [0.25, 0.3) is 0 Å². The molecule has 144 valence electrons. The highest BCUT2D eigenvalue weighted by atomic mass is 32.1. The summed E-state index contributed by atoms with van der Waals surface area (Å²) in [6.45, 7) is 4.41. The van der Waals surface area contributed by atoms with Gasteiger partial charge < -0.3 is 10.6 Å². The Kier molecular flexibility index (Phi) is 6.55. The van der Waals surface area contributed by atoms with E-state index in [-0.39, 0.29) is 18.2 Å². The van der Waals surface area contributed by atoms with Crippen LogP contribution in [0.5, 0.6) is 0 Å². The summed E-state index contributed by atoms with van der Waals surface area (Å²) in [7, 11) is 0. The van der Waals surface area contributed by atoms with Crippen molar-refractivity contribution in [1.29, 1.82) is 0 Å². The predicted molar refractivity (Wildman–Crippen MR) is 113 cm³/mol. The van der Waals surface area contributed by atoms with Crippen LogP contribution in [0.3, 0.4) is 0 Å². The van der Waals surface area contributed by atoms with E-state index in [2.05, 4.69) is 41.6 Å². The molecule has 0 saturated heterocycles. The maximum atomic E-state index is 12.1. The number of rotatable bonds is 7. The molecule has 2 amide bonds. The monoisotopic (exact) mass is 393 g/mol. The highest BCUT2D eigenvalue weighted by molar-refractivity contribution is 7.14. The molecule has 28 heavy (non-hydrogen) atoms. The van der Waals surface area contributed by atoms with Gasteiger partial charge in [0.05, 0.1) is 12.1 Å². The lowest BCUT2D eigenvalue weighted by Gasteiger charge is -2.06. The van der Waals surface area contributed by atoms with Gasteiger partial charge >= 0.3 is 0 Å². The third kappa shape index (κ3) is 5.50. The fourth-order valence-electron chi connectivity index (χ4n) is 2.90. The minimum Gasteiger partial charge on any atom is -0.355 e. The quantitative estimate of drug-likeness (QED) is 0.634. The molecule has 0 aliphatic heterocycles. The summed E-state index contributed by atoms with van der Waals surface area (Å²) in [5.74, 6) is -0.257. The van der Waals surface area contributed by atoms with Gasteiger partial charge in [-0.1, -0.05) is 54.1 Å². The van der Waals surface area contributed by atoms with Crippen LogP contribution in [0.15, 0.2) is 53.9 Å². The molecule has 6 heteroatoms. The molecule has 0 fully saturated rings. The van der Waals surface area contributed by atoms with Crippen LogP contribution >= 0.6 is 11.3 Å². The maximum Gasteiger partial charge on any atom is 0.227 e. The van der Waals surface area contributed by atoms with E-state index in [1.54, 1.807) is 0 Å². The standard InChI is InChI=1S/C22H23N3O2S/c1-15-8-9-18(16(2)12-15)19-14-28-22(24-19)25-20(26)10-11-23-21(27)13-17-6-4-3-5-7-17/h3-9,12,14H,10-11,13H2,1-2H3,(H,23,27)(H,24,25,26). The Morgan fingerprint density at radius 2 is 1.82 bits per heavy atom. The van der Waals surface area contributed by atoms with Crippen molar-refractivity contribution in [2.24, 2.45) is 0 Å². The zero-order valence-corrected chi connectivity index (χ0v) is 16.8. The lowest BCUT2D eigenvalue weighted by atomic mass is 10.0. The van der Waals surface area contributed by atoms with Crippen LogP contribution < -0.4 is 10.6 Å². The lowest BCUT2D eigenvalue weighted by molar-refractivity contribution is -0.120. The minimum atomic E-state index is -0.165. The van der Waals surface area contributed by atoms with Crippen LogP contribution in [0, 0.1) is 13.8 Å². The third-order valence-corrected chi connectivity index (χ3v) is 5.05. The normalized spacial score (nSPS) is 10.5. The first kappa shape index (κ1) is 19.8. The van der Waals surface area contributed by atoms with Crippen LogP contribution in [0.2, 0.25) is 0 Å². The molecular formula is C22H23N3O2S. The number of nitrogens with one attached hydrogen (secondary N) is 2. The predicted octanol–water partition coefficient (Wildman–Crippen LogP) is 4.11. The molecule has 0 spiro atoms. The number of aromatic nitrogens is 1. The second-order valence-electron chi connectivity index (χ2n) is 6.67. The van der Waals surface area contributed by atoms with Gasteiger partial charge in [-0.3, -0.25) is 9.59 Å². The number of aryl methyl sites for hydroxylation is 2. The minimum absolute atomic E-state index is 0.0922. The number of carbonyl (C=O) groups excluding carboxylic acids is 2. The Labute approximate surface area is 168 Å². The number of nitrogens with zero attached hydrogens (tertiary/aromatic N) is 1. The van der Waals surface area contributed by atoms with Gasteiger partial charge in [0, 0.05) is 23.9 Å². The summed E-state index contributed by atoms with van der Waals surface area (Å²) in [5, 5.41) is 8.08. The first-order chi connectivity index (χ1) is 13.5. The van der Waals surface area contributed by atoms with Gasteiger partial charge in [-0.15, -0.1) is 11.3 Å². The summed E-state index contributed by atoms with van der Waals surface area (Å²) in [6, 6.07) is 15.7. The van der Waals surface area contributed by atoms with E-state index in [0.717, 1.165) is 22.4 Å². The van der Waals surface area contributed by atoms with Crippen molar-refractivity contribution < 1.29 is 9.59 Å². The Morgan fingerprint density at radius 1 is 1.04 bits per heavy atom. The molecule has 3 aromatic rings. The average Bonchev–Trinajstić information content (AvgIpc) is 3.10. The third-order valence-electron chi connectivity index (χ3n) is 4.29. The Morgan fingerprint density at radius 3 is 2.57 bits per heavy atom. The van der Waals surface area contributed by atoms with E-state index >= 15 is 0 Å². The molecular weight excluding hydrogens is 370 g/mol. The van der Waals surface area contributed by atoms with Gasteiger partial charge in [-0.05, 0) is 25.0 Å². The topological polar surface area (TPSA) is 71.1 Å². The van der Waals surface area contributed by atoms with Gasteiger partial charge in [-0.25, -0.2) is 4.98 Å². The van der Waals surface area contributed by atoms with Crippen LogP contribution in [0.25, 0.3) is 11.3 Å². The molecule has 1 aromatic heterocycles. The van der Waals surface area contributed by atoms with Crippen molar-refractivity contribution in [2.45, 2.75) is 26.7 Å². The van der Waals surface area contributed by atoms with E-state index in [1.807, 2.05) is 41.8 Å². The highest BCUT2D eigenvalue weighted by Gasteiger charge is 2.10. The largest absolute Gasteiger partial charge is 0.355 e. The maximum absolute atomic E-state index is 12.1. The number of benzene rings is 2. The van der Waals surface area contributed by atoms with Crippen molar-refractivity contribution in [3.8, 4) is 11.3 Å². The number of thiazole rings is 1. The van der Waals surface area contributed by atoms with Crippen LogP contribution in [-0.2, 0) is 16.0 Å². The summed E-state index contributed by atoms with van der Waals surface area (Å²) < 4.78 is 0. The van der Waals surface area contributed by atoms with Gasteiger partial charge in [0.1, 0.15) is 0 Å². The number of carbonyl (C=O) groups is 2. The Bertz CT molecular complexity index is 967. The lowest BCUT2D eigenvalue weighted by Crippen LogP contribution is -2.28. The first-order valence-corrected chi connectivity index (χ1v) is 10.0. The molecule has 0 atom stereocenters. The molecule has 0 unspecified atom stereocenters. The molecule has 0 bridgehead atoms. The summed E-state index contributed by atoms with van der Waals surface area (Å²) in [6.07, 6.45) is 0.521. The second kappa shape index (κ2) is 9.28. The molecule has 0 aliphatic rings. The number of anilines is 1. The molecule has 1 heterocycles. The van der Waals surface area contributed by atoms with E-state index in [4.69, 9.17) is 0 Å². The van der Waals surface area contributed by atoms with Crippen LogP contribution in [0.1, 0.15) is 23.1 Å². The number of hydrogen-bond donors (Lipinski definition) is 2. The Hall–Kier alpha value is -2.99. The van der Waals surface area contributed by atoms with Crippen molar-refractivity contribution >= 4 is 28.3 Å². The average molecular weight is 394 g/mol. The highest BCUT2D eigenvalue weighted by Crippen LogP contribution is 2.28. The van der Waals surface area contributed by atoms with Crippen molar-refractivity contribution in [2.75, 3.05) is 11.9 Å². The van der Waals surface area contributed by atoms with Crippen LogP contribution in [-0.4, -0.2) is 23.3 Å². The van der Waals surface area contributed by atoms with E-state index < -0.39 is 0 Å². The van der Waals surface area contributed by atoms with Gasteiger partial charge in [0.15, 0.2) is 5.13 Å². The smallest absolute Gasteiger partial charge is 0.227 e. The molecule has 2 aromatic carbocycles. The van der Waals surface area contributed by atoms with Crippen molar-refractivity contribution in [3.05, 3.63) is 70.6 Å². The summed E-state index contributed by atoms with van der Waals surface area (Å²) in [4.78, 5) is 28.5. The SMILES string of the molecule is Cc1ccc(-c2csc(NC(=O)CCNC(=O)Cc3ccccc3)n2)c(C)c1. The van der Waals surface area contributed by atoms with Gasteiger partial charge in [-0.2, -0.15) is 0 Å². The zero-order valence-electron chi connectivity index (χ0n) is 16.0. The fourth-order valence-corrected chi connectivity index (χ4v) is 3.62. The van der Waals surface area contributed by atoms with Crippen molar-refractivity contribution in [1.82, 2.24) is 10.3 Å². The molecule has 5 nitrogen and oxygen atoms in total. The number of hydrogen-bond acceptors (Lipinski definition) is 4. The summed E-state index contributed by atoms with van der Waals surface area (Å²) in [5.41, 5.74) is 5.24. The molecule has 0 aliphatic carbocycles. The Balaban J connectivity index is 1.46. The van der Waals surface area contributed by atoms with E-state index in [0.29, 0.717) is 18.1 Å². The van der Waals surface area contributed by atoms with E-state index in [1.165, 1.54) is 16.9 Å². The van der Waals surface area contributed by atoms with Gasteiger partial charge in [0.2, 0.25) is 11.8 Å². The zero-order chi connectivity index (χ0) is 19.9.